The first-order chi connectivity index (χ1) is 8.68. The molecule has 1 aliphatic heterocycles. The zero-order chi connectivity index (χ0) is 13.0. The normalized spacial score (nSPS) is 26.6. The molecular weight excluding hydrogens is 260 g/mol. The third-order valence-corrected chi connectivity index (χ3v) is 4.62. The lowest BCUT2D eigenvalue weighted by atomic mass is 9.83. The quantitative estimate of drug-likeness (QED) is 0.866. The molecule has 1 aliphatic carbocycles. The fraction of sp³-hybridized carbons (Fsp3) is 0.933. The number of amides is 1. The van der Waals surface area contributed by atoms with Gasteiger partial charge in [-0.15, -0.1) is 12.4 Å². The van der Waals surface area contributed by atoms with Crippen LogP contribution in [0.1, 0.15) is 52.4 Å². The molecule has 0 bridgehead atoms. The average molecular weight is 289 g/mol. The Labute approximate surface area is 123 Å². The molecule has 19 heavy (non-hydrogen) atoms. The molecule has 0 spiro atoms. The number of hydrogen-bond donors (Lipinski definition) is 1. The Hall–Kier alpha value is -0.280. The van der Waals surface area contributed by atoms with Crippen LogP contribution >= 0.6 is 12.4 Å². The van der Waals surface area contributed by atoms with Gasteiger partial charge in [-0.2, -0.15) is 0 Å². The van der Waals surface area contributed by atoms with Gasteiger partial charge in [0, 0.05) is 31.6 Å². The van der Waals surface area contributed by atoms with Gasteiger partial charge in [-0.25, -0.2) is 0 Å². The second kappa shape index (κ2) is 8.11. The van der Waals surface area contributed by atoms with E-state index in [1.54, 1.807) is 0 Å². The predicted octanol–water partition coefficient (Wildman–Crippen LogP) is 2.84. The summed E-state index contributed by atoms with van der Waals surface area (Å²) in [5.74, 6) is 1.40. The van der Waals surface area contributed by atoms with E-state index >= 15 is 0 Å². The van der Waals surface area contributed by atoms with Gasteiger partial charge in [0.05, 0.1) is 0 Å². The summed E-state index contributed by atoms with van der Waals surface area (Å²) >= 11 is 0. The molecule has 1 saturated carbocycles. The van der Waals surface area contributed by atoms with Crippen LogP contribution < -0.4 is 5.32 Å². The van der Waals surface area contributed by atoms with Crippen molar-refractivity contribution in [2.24, 2.45) is 11.8 Å². The molecule has 2 fully saturated rings. The van der Waals surface area contributed by atoms with Crippen LogP contribution in [0.25, 0.3) is 0 Å². The summed E-state index contributed by atoms with van der Waals surface area (Å²) < 4.78 is 0. The number of piperazine rings is 1. The SMILES string of the molecule is CC(CC1CCCCC1)C(=O)N1CCNC[C@@H]1C.Cl. The van der Waals surface area contributed by atoms with Crippen LogP contribution in [-0.2, 0) is 4.79 Å². The first kappa shape index (κ1) is 16.8. The summed E-state index contributed by atoms with van der Waals surface area (Å²) in [6, 6.07) is 0.361. The molecule has 2 rings (SSSR count). The molecule has 0 aromatic carbocycles. The highest BCUT2D eigenvalue weighted by Crippen LogP contribution is 2.29. The average Bonchev–Trinajstić information content (AvgIpc) is 2.39. The number of nitrogens with one attached hydrogen (secondary N) is 1. The third-order valence-electron chi connectivity index (χ3n) is 4.62. The molecule has 1 heterocycles. The smallest absolute Gasteiger partial charge is 0.225 e. The maximum Gasteiger partial charge on any atom is 0.225 e. The van der Waals surface area contributed by atoms with Gasteiger partial charge in [0.1, 0.15) is 0 Å². The fourth-order valence-corrected chi connectivity index (χ4v) is 3.48. The van der Waals surface area contributed by atoms with Crippen molar-refractivity contribution in [3.8, 4) is 0 Å². The Balaban J connectivity index is 0.00000180. The summed E-state index contributed by atoms with van der Waals surface area (Å²) in [6.45, 7) is 7.06. The first-order valence-electron chi connectivity index (χ1n) is 7.69. The van der Waals surface area contributed by atoms with Gasteiger partial charge in [-0.05, 0) is 19.3 Å². The van der Waals surface area contributed by atoms with E-state index in [2.05, 4.69) is 24.1 Å². The molecule has 2 atom stereocenters. The highest BCUT2D eigenvalue weighted by Gasteiger charge is 2.28. The number of hydrogen-bond acceptors (Lipinski definition) is 2. The van der Waals surface area contributed by atoms with Crippen LogP contribution in [0.3, 0.4) is 0 Å². The van der Waals surface area contributed by atoms with Crippen LogP contribution in [-0.4, -0.2) is 36.5 Å². The predicted molar refractivity (Wildman–Crippen MR) is 81.6 cm³/mol. The highest BCUT2D eigenvalue weighted by molar-refractivity contribution is 5.85. The number of nitrogens with zero attached hydrogens (tertiary/aromatic N) is 1. The van der Waals surface area contributed by atoms with Crippen LogP contribution in [0.2, 0.25) is 0 Å². The van der Waals surface area contributed by atoms with Crippen molar-refractivity contribution in [1.82, 2.24) is 10.2 Å². The van der Waals surface area contributed by atoms with E-state index in [0.29, 0.717) is 11.9 Å². The van der Waals surface area contributed by atoms with E-state index in [1.165, 1.54) is 32.1 Å². The molecule has 112 valence electrons. The molecule has 1 amide bonds. The maximum atomic E-state index is 12.5. The van der Waals surface area contributed by atoms with Gasteiger partial charge in [0.25, 0.3) is 0 Å². The van der Waals surface area contributed by atoms with E-state index in [9.17, 15) is 4.79 Å². The van der Waals surface area contributed by atoms with Crippen molar-refractivity contribution in [3.63, 3.8) is 0 Å². The Bertz CT molecular complexity index is 279. The Morgan fingerprint density at radius 2 is 2.00 bits per heavy atom. The zero-order valence-electron chi connectivity index (χ0n) is 12.4. The number of rotatable bonds is 3. The molecule has 1 saturated heterocycles. The minimum atomic E-state index is 0. The summed E-state index contributed by atoms with van der Waals surface area (Å²) in [5.41, 5.74) is 0. The third kappa shape index (κ3) is 4.64. The summed E-state index contributed by atoms with van der Waals surface area (Å²) in [6.07, 6.45) is 7.93. The zero-order valence-corrected chi connectivity index (χ0v) is 13.2. The minimum absolute atomic E-state index is 0. The van der Waals surface area contributed by atoms with Gasteiger partial charge in [-0.1, -0.05) is 39.0 Å². The van der Waals surface area contributed by atoms with Crippen LogP contribution in [0.4, 0.5) is 0 Å². The number of carbonyl (C=O) groups is 1. The van der Waals surface area contributed by atoms with E-state index < -0.39 is 0 Å². The van der Waals surface area contributed by atoms with E-state index in [4.69, 9.17) is 0 Å². The highest BCUT2D eigenvalue weighted by atomic mass is 35.5. The Morgan fingerprint density at radius 3 is 2.63 bits per heavy atom. The lowest BCUT2D eigenvalue weighted by molar-refractivity contribution is -0.138. The van der Waals surface area contributed by atoms with Crippen LogP contribution in [0.15, 0.2) is 0 Å². The second-order valence-electron chi connectivity index (χ2n) is 6.23. The Morgan fingerprint density at radius 1 is 1.32 bits per heavy atom. The fourth-order valence-electron chi connectivity index (χ4n) is 3.48. The monoisotopic (exact) mass is 288 g/mol. The van der Waals surface area contributed by atoms with Crippen LogP contribution in [0, 0.1) is 11.8 Å². The summed E-state index contributed by atoms with van der Waals surface area (Å²) in [5, 5.41) is 3.35. The van der Waals surface area contributed by atoms with Gasteiger partial charge in [0.2, 0.25) is 5.91 Å². The van der Waals surface area contributed by atoms with Crippen molar-refractivity contribution in [1.29, 1.82) is 0 Å². The molecule has 4 heteroatoms. The van der Waals surface area contributed by atoms with Crippen molar-refractivity contribution in [2.45, 2.75) is 58.4 Å². The second-order valence-corrected chi connectivity index (χ2v) is 6.23. The molecule has 0 radical (unpaired) electrons. The van der Waals surface area contributed by atoms with E-state index in [1.807, 2.05) is 0 Å². The molecule has 2 aliphatic rings. The molecule has 1 unspecified atom stereocenters. The number of carbonyl (C=O) groups excluding carboxylic acids is 1. The first-order valence-corrected chi connectivity index (χ1v) is 7.69. The summed E-state index contributed by atoms with van der Waals surface area (Å²) in [7, 11) is 0. The van der Waals surface area contributed by atoms with Gasteiger partial charge in [0.15, 0.2) is 0 Å². The lowest BCUT2D eigenvalue weighted by Crippen LogP contribution is -2.53. The van der Waals surface area contributed by atoms with Gasteiger partial charge < -0.3 is 10.2 Å². The maximum absolute atomic E-state index is 12.5. The summed E-state index contributed by atoms with van der Waals surface area (Å²) in [4.78, 5) is 14.6. The van der Waals surface area contributed by atoms with Crippen molar-refractivity contribution < 1.29 is 4.79 Å². The minimum Gasteiger partial charge on any atom is -0.337 e. The molecule has 0 aromatic rings. The number of halogens is 1. The topological polar surface area (TPSA) is 32.3 Å². The molecule has 0 aromatic heterocycles. The molecule has 1 N–H and O–H groups in total. The molecular formula is C15H29ClN2O. The van der Waals surface area contributed by atoms with E-state index in [-0.39, 0.29) is 18.3 Å². The van der Waals surface area contributed by atoms with Gasteiger partial charge in [-0.3, -0.25) is 4.79 Å². The van der Waals surface area contributed by atoms with Crippen LogP contribution in [0.5, 0.6) is 0 Å². The largest absolute Gasteiger partial charge is 0.337 e. The lowest BCUT2D eigenvalue weighted by Gasteiger charge is -2.36. The standard InChI is InChI=1S/C15H28N2O.ClH/c1-12(10-14-6-4-3-5-7-14)15(18)17-9-8-16-11-13(17)2;/h12-14,16H,3-11H2,1-2H3;1H/t12?,13-;/m0./s1. The molecule has 3 nitrogen and oxygen atoms in total. The van der Waals surface area contributed by atoms with Gasteiger partial charge >= 0.3 is 0 Å². The van der Waals surface area contributed by atoms with Crippen molar-refractivity contribution >= 4 is 18.3 Å². The van der Waals surface area contributed by atoms with Crippen molar-refractivity contribution in [2.75, 3.05) is 19.6 Å². The van der Waals surface area contributed by atoms with Crippen molar-refractivity contribution in [3.05, 3.63) is 0 Å². The Kier molecular flexibility index (Phi) is 7.16. The van der Waals surface area contributed by atoms with E-state index in [0.717, 1.165) is 32.0 Å².